The Bertz CT molecular complexity index is 803. The third-order valence-corrected chi connectivity index (χ3v) is 7.48. The minimum atomic E-state index is -0.775. The Kier molecular flexibility index (Phi) is 6.42. The van der Waals surface area contributed by atoms with Crippen molar-refractivity contribution in [1.82, 2.24) is 9.88 Å². The summed E-state index contributed by atoms with van der Waals surface area (Å²) in [6.45, 7) is 5.93. The predicted octanol–water partition coefficient (Wildman–Crippen LogP) is 4.17. The Morgan fingerprint density at radius 2 is 1.93 bits per heavy atom. The predicted molar refractivity (Wildman–Crippen MR) is 116 cm³/mol. The van der Waals surface area contributed by atoms with E-state index >= 15 is 0 Å². The van der Waals surface area contributed by atoms with E-state index in [4.69, 9.17) is 14.5 Å². The van der Waals surface area contributed by atoms with E-state index in [-0.39, 0.29) is 0 Å². The van der Waals surface area contributed by atoms with Gasteiger partial charge in [-0.15, -0.1) is 11.3 Å². The SMILES string of the molecule is COc1ccc(OCCc2sc(C3(O)CCCN(CC4CC4)CC3)nc2C)cc1. The number of hydrogen-bond acceptors (Lipinski definition) is 6. The molecule has 2 fully saturated rings. The van der Waals surface area contributed by atoms with Crippen LogP contribution in [0, 0.1) is 12.8 Å². The van der Waals surface area contributed by atoms with Gasteiger partial charge in [0.15, 0.2) is 0 Å². The van der Waals surface area contributed by atoms with Gasteiger partial charge in [0.2, 0.25) is 0 Å². The van der Waals surface area contributed by atoms with Crippen LogP contribution in [0.5, 0.6) is 11.5 Å². The maximum atomic E-state index is 11.4. The highest BCUT2D eigenvalue weighted by Crippen LogP contribution is 2.38. The number of thiazole rings is 1. The maximum Gasteiger partial charge on any atom is 0.125 e. The summed E-state index contributed by atoms with van der Waals surface area (Å²) in [5.74, 6) is 2.57. The highest BCUT2D eigenvalue weighted by Gasteiger charge is 2.36. The molecule has 1 aliphatic heterocycles. The summed E-state index contributed by atoms with van der Waals surface area (Å²) < 4.78 is 11.1. The molecule has 158 valence electrons. The van der Waals surface area contributed by atoms with Gasteiger partial charge in [-0.2, -0.15) is 0 Å². The largest absolute Gasteiger partial charge is 0.497 e. The third kappa shape index (κ3) is 5.30. The number of nitrogens with zero attached hydrogens (tertiary/aromatic N) is 2. The summed E-state index contributed by atoms with van der Waals surface area (Å²) in [5, 5.41) is 12.3. The van der Waals surface area contributed by atoms with Gasteiger partial charge in [0.1, 0.15) is 22.1 Å². The first-order valence-corrected chi connectivity index (χ1v) is 11.6. The number of aliphatic hydroxyl groups is 1. The minimum absolute atomic E-state index is 0.600. The molecule has 6 heteroatoms. The first-order chi connectivity index (χ1) is 14.1. The van der Waals surface area contributed by atoms with Crippen LogP contribution in [0.4, 0.5) is 0 Å². The van der Waals surface area contributed by atoms with Gasteiger partial charge in [0.05, 0.1) is 19.4 Å². The van der Waals surface area contributed by atoms with Crippen molar-refractivity contribution in [1.29, 1.82) is 0 Å². The fourth-order valence-corrected chi connectivity index (χ4v) is 5.22. The molecule has 1 atom stereocenters. The molecule has 1 aliphatic carbocycles. The average Bonchev–Trinajstić information content (AvgIpc) is 3.50. The second kappa shape index (κ2) is 9.02. The van der Waals surface area contributed by atoms with E-state index in [0.717, 1.165) is 66.9 Å². The van der Waals surface area contributed by atoms with Crippen LogP contribution < -0.4 is 9.47 Å². The lowest BCUT2D eigenvalue weighted by Gasteiger charge is -2.24. The monoisotopic (exact) mass is 416 g/mol. The second-order valence-electron chi connectivity index (χ2n) is 8.43. The molecule has 5 nitrogen and oxygen atoms in total. The van der Waals surface area contributed by atoms with Crippen molar-refractivity contribution in [2.75, 3.05) is 33.4 Å². The molecule has 1 aromatic heterocycles. The molecule has 0 bridgehead atoms. The number of methoxy groups -OCH3 is 1. The van der Waals surface area contributed by atoms with Crippen molar-refractivity contribution < 1.29 is 14.6 Å². The minimum Gasteiger partial charge on any atom is -0.497 e. The molecule has 0 spiro atoms. The molecule has 1 unspecified atom stereocenters. The van der Waals surface area contributed by atoms with Gasteiger partial charge in [0.25, 0.3) is 0 Å². The molecule has 1 saturated carbocycles. The number of hydrogen-bond donors (Lipinski definition) is 1. The van der Waals surface area contributed by atoms with Crippen molar-refractivity contribution in [2.45, 2.75) is 51.0 Å². The van der Waals surface area contributed by atoms with Gasteiger partial charge >= 0.3 is 0 Å². The van der Waals surface area contributed by atoms with Gasteiger partial charge in [-0.1, -0.05) is 0 Å². The number of benzene rings is 1. The normalized spacial score (nSPS) is 23.0. The molecule has 4 rings (SSSR count). The Hall–Kier alpha value is -1.63. The maximum absolute atomic E-state index is 11.4. The van der Waals surface area contributed by atoms with Crippen LogP contribution in [-0.4, -0.2) is 48.3 Å². The van der Waals surface area contributed by atoms with Crippen LogP contribution in [0.1, 0.15) is 47.7 Å². The number of ether oxygens (including phenoxy) is 2. The van der Waals surface area contributed by atoms with Crippen LogP contribution in [0.2, 0.25) is 0 Å². The summed E-state index contributed by atoms with van der Waals surface area (Å²) in [6.07, 6.45) is 6.21. The van der Waals surface area contributed by atoms with Gasteiger partial charge < -0.3 is 19.5 Å². The fraction of sp³-hybridized carbons (Fsp3) is 0.609. The summed E-state index contributed by atoms with van der Waals surface area (Å²) in [4.78, 5) is 8.52. The van der Waals surface area contributed by atoms with E-state index in [1.807, 2.05) is 31.2 Å². The molecule has 0 amide bonds. The number of rotatable bonds is 8. The van der Waals surface area contributed by atoms with Crippen molar-refractivity contribution in [3.63, 3.8) is 0 Å². The fourth-order valence-electron chi connectivity index (χ4n) is 4.03. The van der Waals surface area contributed by atoms with Crippen molar-refractivity contribution in [2.24, 2.45) is 5.92 Å². The first-order valence-electron chi connectivity index (χ1n) is 10.7. The van der Waals surface area contributed by atoms with E-state index < -0.39 is 5.60 Å². The number of likely N-dealkylation sites (tertiary alicyclic amines) is 1. The topological polar surface area (TPSA) is 54.8 Å². The lowest BCUT2D eigenvalue weighted by Crippen LogP contribution is -2.30. The lowest BCUT2D eigenvalue weighted by molar-refractivity contribution is 0.0208. The average molecular weight is 417 g/mol. The lowest BCUT2D eigenvalue weighted by atomic mass is 9.96. The first kappa shape index (κ1) is 20.6. The van der Waals surface area contributed by atoms with Crippen LogP contribution in [0.3, 0.4) is 0 Å². The zero-order valence-corrected chi connectivity index (χ0v) is 18.3. The molecule has 1 N–H and O–H groups in total. The van der Waals surface area contributed by atoms with E-state index in [9.17, 15) is 5.11 Å². The Morgan fingerprint density at radius 1 is 1.17 bits per heavy atom. The zero-order chi connectivity index (χ0) is 20.3. The molecular weight excluding hydrogens is 384 g/mol. The Labute approximate surface area is 177 Å². The van der Waals surface area contributed by atoms with E-state index in [2.05, 4.69) is 4.90 Å². The quantitative estimate of drug-likeness (QED) is 0.700. The molecule has 0 radical (unpaired) electrons. The standard InChI is InChI=1S/C23H32N2O3S/c1-17-21(10-15-28-20-8-6-19(27-2)7-9-20)29-22(24-17)23(26)11-3-13-25(14-12-23)16-18-4-5-18/h6-9,18,26H,3-5,10-16H2,1-2H3. The molecule has 29 heavy (non-hydrogen) atoms. The van der Waals surface area contributed by atoms with E-state index in [1.54, 1.807) is 18.4 Å². The summed E-state index contributed by atoms with van der Waals surface area (Å²) in [7, 11) is 1.66. The van der Waals surface area contributed by atoms with E-state index in [0.29, 0.717) is 6.61 Å². The van der Waals surface area contributed by atoms with E-state index in [1.165, 1.54) is 24.3 Å². The number of aromatic nitrogens is 1. The second-order valence-corrected chi connectivity index (χ2v) is 9.51. The molecule has 2 aromatic rings. The highest BCUT2D eigenvalue weighted by atomic mass is 32.1. The van der Waals surface area contributed by atoms with Gasteiger partial charge in [0, 0.05) is 24.4 Å². The van der Waals surface area contributed by atoms with Crippen molar-refractivity contribution >= 4 is 11.3 Å². The zero-order valence-electron chi connectivity index (χ0n) is 17.5. The summed E-state index contributed by atoms with van der Waals surface area (Å²) in [6, 6.07) is 7.65. The van der Waals surface area contributed by atoms with Crippen LogP contribution in [-0.2, 0) is 12.0 Å². The van der Waals surface area contributed by atoms with Crippen molar-refractivity contribution in [3.05, 3.63) is 39.8 Å². The molecule has 1 aromatic carbocycles. The smallest absolute Gasteiger partial charge is 0.125 e. The summed E-state index contributed by atoms with van der Waals surface area (Å²) in [5.41, 5.74) is 0.249. The van der Waals surface area contributed by atoms with Gasteiger partial charge in [-0.05, 0) is 75.8 Å². The summed E-state index contributed by atoms with van der Waals surface area (Å²) >= 11 is 1.66. The van der Waals surface area contributed by atoms with Gasteiger partial charge in [-0.25, -0.2) is 4.98 Å². The van der Waals surface area contributed by atoms with Gasteiger partial charge in [-0.3, -0.25) is 0 Å². The molecule has 1 saturated heterocycles. The molecular formula is C23H32N2O3S. The highest BCUT2D eigenvalue weighted by molar-refractivity contribution is 7.11. The van der Waals surface area contributed by atoms with Crippen LogP contribution in [0.15, 0.2) is 24.3 Å². The molecule has 2 heterocycles. The molecule has 2 aliphatic rings. The Morgan fingerprint density at radius 3 is 2.66 bits per heavy atom. The van der Waals surface area contributed by atoms with Crippen molar-refractivity contribution in [3.8, 4) is 11.5 Å². The van der Waals surface area contributed by atoms with Crippen LogP contribution >= 0.6 is 11.3 Å². The van der Waals surface area contributed by atoms with Crippen LogP contribution in [0.25, 0.3) is 0 Å². The number of aryl methyl sites for hydroxylation is 1. The third-order valence-electron chi connectivity index (χ3n) is 6.07. The Balaban J connectivity index is 1.33.